The molecule has 1 N–H and O–H groups in total. The maximum Gasteiger partial charge on any atom is 0.270 e. The topological polar surface area (TPSA) is 51.8 Å². The van der Waals surface area contributed by atoms with Crippen molar-refractivity contribution in [2.45, 2.75) is 25.0 Å². The number of likely N-dealkylation sites (N-methyl/N-ethyl adjacent to an activating group) is 1. The van der Waals surface area contributed by atoms with Gasteiger partial charge in [0.1, 0.15) is 5.69 Å². The Morgan fingerprint density at radius 3 is 2.91 bits per heavy atom. The molecule has 2 aliphatic rings. The average molecular weight is 320 g/mol. The first-order valence-electron chi connectivity index (χ1n) is 8.58. The number of nitrogens with one attached hydrogen (secondary N) is 1. The summed E-state index contributed by atoms with van der Waals surface area (Å²) >= 11 is 0. The lowest BCUT2D eigenvalue weighted by Gasteiger charge is -2.40. The zero-order valence-electron chi connectivity index (χ0n) is 14.2. The van der Waals surface area contributed by atoms with Gasteiger partial charge in [0.25, 0.3) is 5.91 Å². The van der Waals surface area contributed by atoms with Gasteiger partial charge in [-0.1, -0.05) is 0 Å². The Kier molecular flexibility index (Phi) is 5.35. The summed E-state index contributed by atoms with van der Waals surface area (Å²) in [5.74, 6) is 0.105. The Labute approximate surface area is 138 Å². The van der Waals surface area contributed by atoms with E-state index in [4.69, 9.17) is 4.74 Å². The Morgan fingerprint density at radius 1 is 1.35 bits per heavy atom. The van der Waals surface area contributed by atoms with Gasteiger partial charge >= 0.3 is 0 Å². The maximum atomic E-state index is 12.5. The van der Waals surface area contributed by atoms with Crippen LogP contribution in [0.4, 0.5) is 0 Å². The number of morpholine rings is 1. The van der Waals surface area contributed by atoms with Gasteiger partial charge in [-0.15, -0.1) is 0 Å². The fourth-order valence-electron chi connectivity index (χ4n) is 3.60. The van der Waals surface area contributed by atoms with Crippen LogP contribution in [0.2, 0.25) is 0 Å². The molecule has 6 heteroatoms. The zero-order chi connectivity index (χ0) is 16.2. The molecule has 0 saturated carbocycles. The van der Waals surface area contributed by atoms with Crippen LogP contribution in [0, 0.1) is 0 Å². The predicted molar refractivity (Wildman–Crippen MR) is 89.6 cm³/mol. The summed E-state index contributed by atoms with van der Waals surface area (Å²) in [5.41, 5.74) is 0.681. The summed E-state index contributed by atoms with van der Waals surface area (Å²) in [7, 11) is 4.23. The van der Waals surface area contributed by atoms with Crippen molar-refractivity contribution in [1.29, 1.82) is 0 Å². The molecule has 128 valence electrons. The number of aromatic amines is 1. The van der Waals surface area contributed by atoms with Crippen molar-refractivity contribution in [3.63, 3.8) is 0 Å². The fourth-order valence-corrected chi connectivity index (χ4v) is 3.60. The first-order valence-corrected chi connectivity index (χ1v) is 8.58. The van der Waals surface area contributed by atoms with Crippen molar-refractivity contribution in [2.75, 3.05) is 53.4 Å². The Morgan fingerprint density at radius 2 is 2.17 bits per heavy atom. The summed E-state index contributed by atoms with van der Waals surface area (Å²) < 4.78 is 6.02. The molecule has 0 bridgehead atoms. The minimum atomic E-state index is 0.105. The molecule has 6 nitrogen and oxygen atoms in total. The molecule has 2 unspecified atom stereocenters. The van der Waals surface area contributed by atoms with Crippen molar-refractivity contribution < 1.29 is 9.53 Å². The highest BCUT2D eigenvalue weighted by atomic mass is 16.5. The molecule has 2 atom stereocenters. The molecule has 3 heterocycles. The normalized spacial score (nSPS) is 26.1. The van der Waals surface area contributed by atoms with Gasteiger partial charge in [-0.2, -0.15) is 0 Å². The van der Waals surface area contributed by atoms with Crippen LogP contribution >= 0.6 is 0 Å². The smallest absolute Gasteiger partial charge is 0.270 e. The number of ether oxygens (including phenoxy) is 1. The van der Waals surface area contributed by atoms with Gasteiger partial charge in [-0.3, -0.25) is 9.69 Å². The second kappa shape index (κ2) is 7.47. The van der Waals surface area contributed by atoms with Crippen LogP contribution in [0.3, 0.4) is 0 Å². The largest absolute Gasteiger partial charge is 0.375 e. The molecule has 2 aliphatic heterocycles. The third-order valence-corrected chi connectivity index (χ3v) is 4.94. The van der Waals surface area contributed by atoms with Crippen molar-refractivity contribution in [3.8, 4) is 0 Å². The number of nitrogens with zero attached hydrogens (tertiary/aromatic N) is 3. The third kappa shape index (κ3) is 3.94. The zero-order valence-corrected chi connectivity index (χ0v) is 14.2. The fraction of sp³-hybridized carbons (Fsp3) is 0.706. The first kappa shape index (κ1) is 16.5. The first-order chi connectivity index (χ1) is 11.1. The molecule has 0 aromatic carbocycles. The van der Waals surface area contributed by atoms with Gasteiger partial charge in [0.2, 0.25) is 0 Å². The maximum absolute atomic E-state index is 12.5. The van der Waals surface area contributed by atoms with Gasteiger partial charge in [0, 0.05) is 45.0 Å². The van der Waals surface area contributed by atoms with Gasteiger partial charge in [0.05, 0.1) is 12.7 Å². The van der Waals surface area contributed by atoms with E-state index in [0.29, 0.717) is 11.7 Å². The second-order valence-electron chi connectivity index (χ2n) is 6.77. The molecule has 2 fully saturated rings. The summed E-state index contributed by atoms with van der Waals surface area (Å²) in [4.78, 5) is 22.3. The summed E-state index contributed by atoms with van der Waals surface area (Å²) in [5, 5.41) is 0. The van der Waals surface area contributed by atoms with E-state index >= 15 is 0 Å². The summed E-state index contributed by atoms with van der Waals surface area (Å²) in [6, 6.07) is 4.15. The summed E-state index contributed by atoms with van der Waals surface area (Å²) in [6.45, 7) is 5.52. The lowest BCUT2D eigenvalue weighted by molar-refractivity contribution is -0.0724. The number of hydrogen-bond acceptors (Lipinski definition) is 4. The molecule has 1 amide bonds. The highest BCUT2D eigenvalue weighted by Gasteiger charge is 2.35. The van der Waals surface area contributed by atoms with E-state index in [1.165, 1.54) is 0 Å². The lowest BCUT2D eigenvalue weighted by atomic mass is 10.0. The van der Waals surface area contributed by atoms with Crippen molar-refractivity contribution in [3.05, 3.63) is 24.0 Å². The molecule has 2 saturated heterocycles. The van der Waals surface area contributed by atoms with Crippen LogP contribution in [0.25, 0.3) is 0 Å². The van der Waals surface area contributed by atoms with E-state index in [0.717, 1.165) is 52.2 Å². The molecule has 23 heavy (non-hydrogen) atoms. The van der Waals surface area contributed by atoms with Crippen molar-refractivity contribution >= 4 is 5.91 Å². The SMILES string of the molecule is CN(C)CCN1CCOC2CCN(C(=O)c3ccc[nH]3)CCC21. The van der Waals surface area contributed by atoms with E-state index < -0.39 is 0 Å². The Bertz CT molecular complexity index is 503. The van der Waals surface area contributed by atoms with Crippen LogP contribution in [-0.4, -0.2) is 91.2 Å². The molecule has 0 spiro atoms. The number of fused-ring (bicyclic) bond motifs is 1. The number of aromatic nitrogens is 1. The number of likely N-dealkylation sites (tertiary alicyclic amines) is 1. The molecule has 3 rings (SSSR count). The Hall–Kier alpha value is -1.37. The summed E-state index contributed by atoms with van der Waals surface area (Å²) in [6.07, 6.45) is 3.98. The average Bonchev–Trinajstić information content (AvgIpc) is 2.99. The van der Waals surface area contributed by atoms with E-state index in [2.05, 4.69) is 28.9 Å². The van der Waals surface area contributed by atoms with Crippen LogP contribution in [0.15, 0.2) is 18.3 Å². The number of carbonyl (C=O) groups is 1. The standard InChI is InChI=1S/C17H28N4O2/c1-19(2)10-11-20-12-13-23-16-6-9-21(8-5-15(16)20)17(22)14-4-3-7-18-14/h3-4,7,15-16,18H,5-6,8-13H2,1-2H3. The highest BCUT2D eigenvalue weighted by molar-refractivity contribution is 5.92. The van der Waals surface area contributed by atoms with E-state index in [9.17, 15) is 4.79 Å². The molecule has 0 aliphatic carbocycles. The predicted octanol–water partition coefficient (Wildman–Crippen LogP) is 0.882. The van der Waals surface area contributed by atoms with E-state index in [-0.39, 0.29) is 12.0 Å². The van der Waals surface area contributed by atoms with Crippen molar-refractivity contribution in [2.24, 2.45) is 0 Å². The molecular formula is C17H28N4O2. The number of carbonyl (C=O) groups excluding carboxylic acids is 1. The van der Waals surface area contributed by atoms with Crippen LogP contribution in [0.5, 0.6) is 0 Å². The van der Waals surface area contributed by atoms with E-state index in [1.54, 1.807) is 6.20 Å². The second-order valence-corrected chi connectivity index (χ2v) is 6.77. The van der Waals surface area contributed by atoms with Crippen LogP contribution < -0.4 is 0 Å². The Balaban J connectivity index is 1.63. The molecule has 1 aromatic heterocycles. The number of H-pyrrole nitrogens is 1. The molecule has 0 radical (unpaired) electrons. The highest BCUT2D eigenvalue weighted by Crippen LogP contribution is 2.24. The number of amides is 1. The quantitative estimate of drug-likeness (QED) is 0.895. The molecular weight excluding hydrogens is 292 g/mol. The third-order valence-electron chi connectivity index (χ3n) is 4.94. The minimum absolute atomic E-state index is 0.105. The van der Waals surface area contributed by atoms with Gasteiger partial charge in [0.15, 0.2) is 0 Å². The minimum Gasteiger partial charge on any atom is -0.375 e. The monoisotopic (exact) mass is 320 g/mol. The number of rotatable bonds is 4. The van der Waals surface area contributed by atoms with E-state index in [1.807, 2.05) is 17.0 Å². The number of hydrogen-bond donors (Lipinski definition) is 1. The van der Waals surface area contributed by atoms with Gasteiger partial charge < -0.3 is 19.5 Å². The van der Waals surface area contributed by atoms with Gasteiger partial charge in [-0.05, 0) is 39.1 Å². The molecule has 1 aromatic rings. The van der Waals surface area contributed by atoms with Crippen LogP contribution in [-0.2, 0) is 4.74 Å². The van der Waals surface area contributed by atoms with Gasteiger partial charge in [-0.25, -0.2) is 0 Å². The van der Waals surface area contributed by atoms with Crippen molar-refractivity contribution in [1.82, 2.24) is 19.7 Å². The lowest BCUT2D eigenvalue weighted by Crippen LogP contribution is -2.52. The van der Waals surface area contributed by atoms with Crippen LogP contribution in [0.1, 0.15) is 23.3 Å².